The Morgan fingerprint density at radius 2 is 1.49 bits per heavy atom. The lowest BCUT2D eigenvalue weighted by atomic mass is 9.92. The summed E-state index contributed by atoms with van der Waals surface area (Å²) >= 11 is 0. The quantitative estimate of drug-likeness (QED) is 0.319. The summed E-state index contributed by atoms with van der Waals surface area (Å²) in [5, 5.41) is 9.81. The van der Waals surface area contributed by atoms with Crippen molar-refractivity contribution in [2.24, 2.45) is 0 Å². The number of ether oxygens (including phenoxy) is 4. The van der Waals surface area contributed by atoms with Crippen molar-refractivity contribution in [2.75, 3.05) is 21.0 Å². The maximum absolute atomic E-state index is 13.8. The number of aliphatic hydroxyl groups is 1. The van der Waals surface area contributed by atoms with E-state index in [1.807, 2.05) is 0 Å². The van der Waals surface area contributed by atoms with E-state index in [4.69, 9.17) is 18.9 Å². The van der Waals surface area contributed by atoms with E-state index < -0.39 is 29.1 Å². The van der Waals surface area contributed by atoms with Gasteiger partial charge in [0.25, 0.3) is 11.2 Å². The van der Waals surface area contributed by atoms with Crippen LogP contribution in [0.1, 0.15) is 17.0 Å². The van der Waals surface area contributed by atoms with E-state index >= 15 is 0 Å². The van der Waals surface area contributed by atoms with Gasteiger partial charge in [-0.25, -0.2) is 4.98 Å². The molecule has 0 saturated heterocycles. The Morgan fingerprint density at radius 1 is 0.878 bits per heavy atom. The Labute approximate surface area is 227 Å². The van der Waals surface area contributed by atoms with Gasteiger partial charge in [-0.3, -0.25) is 9.36 Å². The first kappa shape index (κ1) is 28.1. The molecule has 0 atom stereocenters. The third kappa shape index (κ3) is 4.67. The first-order chi connectivity index (χ1) is 19.3. The van der Waals surface area contributed by atoms with Gasteiger partial charge in [-0.15, -0.1) is 0 Å². The van der Waals surface area contributed by atoms with Gasteiger partial charge >= 0.3 is 12.4 Å². The van der Waals surface area contributed by atoms with Crippen LogP contribution in [0.25, 0.3) is 16.6 Å². The fourth-order valence-corrected chi connectivity index (χ4v) is 4.52. The van der Waals surface area contributed by atoms with Crippen LogP contribution in [0.5, 0.6) is 23.0 Å². The van der Waals surface area contributed by atoms with Crippen LogP contribution in [0.3, 0.4) is 0 Å². The lowest BCUT2D eigenvalue weighted by Crippen LogP contribution is -2.53. The van der Waals surface area contributed by atoms with Gasteiger partial charge in [0.05, 0.1) is 30.8 Å². The van der Waals surface area contributed by atoms with Crippen molar-refractivity contribution in [1.82, 2.24) is 9.55 Å². The Morgan fingerprint density at radius 3 is 2.10 bits per heavy atom. The molecular formula is C27H20F6N2O6. The Kier molecular flexibility index (Phi) is 6.76. The summed E-state index contributed by atoms with van der Waals surface area (Å²) in [6, 6.07) is 10.5. The molecule has 14 heteroatoms. The summed E-state index contributed by atoms with van der Waals surface area (Å²) in [5.41, 5.74) is -6.53. The summed E-state index contributed by atoms with van der Waals surface area (Å²) in [4.78, 5) is 18.3. The van der Waals surface area contributed by atoms with Crippen molar-refractivity contribution < 1.29 is 50.4 Å². The zero-order valence-corrected chi connectivity index (χ0v) is 21.3. The number of fused-ring (bicyclic) bond motifs is 2. The molecule has 0 fully saturated rings. The molecule has 1 aliphatic heterocycles. The smallest absolute Gasteiger partial charge is 0.430 e. The van der Waals surface area contributed by atoms with E-state index in [0.717, 1.165) is 16.7 Å². The number of methoxy groups -OCH3 is 2. The third-order valence-electron chi connectivity index (χ3n) is 6.61. The highest BCUT2D eigenvalue weighted by atomic mass is 19.4. The summed E-state index contributed by atoms with van der Waals surface area (Å²) < 4.78 is 103. The van der Waals surface area contributed by atoms with Gasteiger partial charge in [0.1, 0.15) is 5.82 Å². The fraction of sp³-hybridized carbons (Fsp3) is 0.259. The number of nitrogens with zero attached hydrogens (tertiary/aromatic N) is 2. The van der Waals surface area contributed by atoms with E-state index in [2.05, 4.69) is 4.98 Å². The molecule has 5 rings (SSSR count). The average Bonchev–Trinajstić information content (AvgIpc) is 3.39. The summed E-state index contributed by atoms with van der Waals surface area (Å²) in [6.07, 6.45) is -12.1. The van der Waals surface area contributed by atoms with Crippen LogP contribution >= 0.6 is 0 Å². The topological polar surface area (TPSA) is 92.0 Å². The molecule has 0 amide bonds. The van der Waals surface area contributed by atoms with Gasteiger partial charge in [0.2, 0.25) is 6.79 Å². The largest absolute Gasteiger partial charge is 0.493 e. The van der Waals surface area contributed by atoms with Crippen LogP contribution < -0.4 is 24.5 Å². The number of aromatic nitrogens is 2. The molecule has 41 heavy (non-hydrogen) atoms. The Hall–Kier alpha value is -4.46. The monoisotopic (exact) mass is 582 g/mol. The van der Waals surface area contributed by atoms with Crippen LogP contribution in [0.2, 0.25) is 0 Å². The van der Waals surface area contributed by atoms with Gasteiger partial charge in [0, 0.05) is 18.1 Å². The molecular weight excluding hydrogens is 562 g/mol. The second-order valence-corrected chi connectivity index (χ2v) is 9.01. The normalized spacial score (nSPS) is 13.5. The molecule has 0 bridgehead atoms. The van der Waals surface area contributed by atoms with Crippen LogP contribution in [-0.2, 0) is 12.0 Å². The van der Waals surface area contributed by atoms with E-state index in [1.54, 1.807) is 18.2 Å². The number of hydrogen-bond acceptors (Lipinski definition) is 7. The van der Waals surface area contributed by atoms with Crippen molar-refractivity contribution in [2.45, 2.75) is 24.4 Å². The molecule has 3 aromatic carbocycles. The highest BCUT2D eigenvalue weighted by molar-refractivity contribution is 5.82. The first-order valence-electron chi connectivity index (χ1n) is 11.8. The maximum Gasteiger partial charge on any atom is 0.430 e. The lowest BCUT2D eigenvalue weighted by molar-refractivity contribution is -0.376. The van der Waals surface area contributed by atoms with Crippen molar-refractivity contribution in [1.29, 1.82) is 0 Å². The molecule has 1 aromatic heterocycles. The maximum atomic E-state index is 13.8. The van der Waals surface area contributed by atoms with Gasteiger partial charge in [-0.2, -0.15) is 26.3 Å². The molecule has 216 valence electrons. The second-order valence-electron chi connectivity index (χ2n) is 9.01. The van der Waals surface area contributed by atoms with E-state index in [9.17, 15) is 36.2 Å². The average molecular weight is 582 g/mol. The van der Waals surface area contributed by atoms with Crippen LogP contribution in [0.15, 0.2) is 59.4 Å². The predicted molar refractivity (Wildman–Crippen MR) is 132 cm³/mol. The number of benzene rings is 3. The minimum Gasteiger partial charge on any atom is -0.493 e. The number of halogens is 6. The third-order valence-corrected chi connectivity index (χ3v) is 6.61. The van der Waals surface area contributed by atoms with Gasteiger partial charge in [0.15, 0.2) is 23.0 Å². The highest BCUT2D eigenvalue weighted by Gasteiger charge is 2.71. The molecule has 1 N–H and O–H groups in total. The Bertz CT molecular complexity index is 1670. The molecule has 8 nitrogen and oxygen atoms in total. The van der Waals surface area contributed by atoms with E-state index in [-0.39, 0.29) is 47.1 Å². The minimum absolute atomic E-state index is 0.00690. The van der Waals surface area contributed by atoms with Crippen molar-refractivity contribution in [3.63, 3.8) is 0 Å². The number of hydrogen-bond donors (Lipinski definition) is 1. The molecule has 0 spiro atoms. The van der Waals surface area contributed by atoms with Gasteiger partial charge < -0.3 is 24.1 Å². The van der Waals surface area contributed by atoms with Crippen LogP contribution in [0, 0.1) is 0 Å². The number of rotatable bonds is 6. The van der Waals surface area contributed by atoms with Crippen molar-refractivity contribution in [3.05, 3.63) is 81.9 Å². The first-order valence-corrected chi connectivity index (χ1v) is 11.8. The molecule has 4 aromatic rings. The van der Waals surface area contributed by atoms with Gasteiger partial charge in [-0.1, -0.05) is 18.2 Å². The van der Waals surface area contributed by atoms with E-state index in [1.165, 1.54) is 26.4 Å². The summed E-state index contributed by atoms with van der Waals surface area (Å²) in [7, 11) is 2.74. The van der Waals surface area contributed by atoms with E-state index in [0.29, 0.717) is 29.2 Å². The molecule has 0 saturated carbocycles. The zero-order valence-electron chi connectivity index (χ0n) is 21.3. The number of alkyl halides is 6. The molecule has 0 radical (unpaired) electrons. The SMILES string of the molecule is COc1cc2nc(Cc3ccc4c(c3)OCO4)n(-c3ccc(C(O)(C(F)(F)F)C(F)(F)F)cc3)c(=O)c2cc1OC. The molecule has 2 heterocycles. The predicted octanol–water partition coefficient (Wildman–Crippen LogP) is 5.03. The summed E-state index contributed by atoms with van der Waals surface area (Å²) in [5.74, 6) is 1.54. The minimum atomic E-state index is -6.06. The fourth-order valence-electron chi connectivity index (χ4n) is 4.52. The van der Waals surface area contributed by atoms with Crippen LogP contribution in [0.4, 0.5) is 26.3 Å². The zero-order chi connectivity index (χ0) is 29.7. The standard InChI is InChI=1S/C27H20F6N2O6/c1-38-20-11-17-18(12-21(20)39-2)34-23(10-14-3-8-19-22(9-14)41-13-40-19)35(24(17)36)16-6-4-15(5-7-16)25(37,26(28,29)30)27(31,32)33/h3-9,11-12,37H,10,13H2,1-2H3. The van der Waals surface area contributed by atoms with Crippen LogP contribution in [-0.4, -0.2) is 48.0 Å². The summed E-state index contributed by atoms with van der Waals surface area (Å²) in [6.45, 7) is 0.0217. The second kappa shape index (κ2) is 9.87. The Balaban J connectivity index is 1.70. The highest BCUT2D eigenvalue weighted by Crippen LogP contribution is 2.50. The lowest BCUT2D eigenvalue weighted by Gasteiger charge is -2.32. The molecule has 1 aliphatic rings. The van der Waals surface area contributed by atoms with Gasteiger partial charge in [-0.05, 0) is 35.9 Å². The molecule has 0 aliphatic carbocycles. The van der Waals surface area contributed by atoms with Crippen molar-refractivity contribution >= 4 is 10.9 Å². The van der Waals surface area contributed by atoms with Crippen molar-refractivity contribution in [3.8, 4) is 28.7 Å². The molecule has 0 unspecified atom stereocenters.